The fourth-order valence-corrected chi connectivity index (χ4v) is 1.85. The van der Waals surface area contributed by atoms with Crippen molar-refractivity contribution in [2.24, 2.45) is 0 Å². The van der Waals surface area contributed by atoms with E-state index >= 15 is 0 Å². The molecule has 0 atom stereocenters. The predicted octanol–water partition coefficient (Wildman–Crippen LogP) is 1.96. The topological polar surface area (TPSA) is 0 Å². The third-order valence-electron chi connectivity index (χ3n) is 1.16. The van der Waals surface area contributed by atoms with E-state index in [0.29, 0.717) is 0 Å². The fraction of sp³-hybridized carbons (Fsp3) is 0.500. The normalized spacial score (nSPS) is 9.78. The van der Waals surface area contributed by atoms with E-state index in [2.05, 4.69) is 24.9 Å². The molecule has 0 fully saturated rings. The Balaban J connectivity index is 3.77. The zero-order chi connectivity index (χ0) is 7.33. The van der Waals surface area contributed by atoms with Gasteiger partial charge in [0.15, 0.2) is 0 Å². The van der Waals surface area contributed by atoms with Crippen LogP contribution in [0.3, 0.4) is 0 Å². The Bertz CT molecular complexity index is 136. The Morgan fingerprint density at radius 2 is 1.44 bits per heavy atom. The largest absolute Gasteiger partial charge is 0.120 e. The molecule has 0 saturated heterocycles. The number of hydrogen-bond acceptors (Lipinski definition) is 0. The van der Waals surface area contributed by atoms with E-state index in [-0.39, 0.29) is 0 Å². The second-order valence-corrected chi connectivity index (χ2v) is 7.96. The minimum atomic E-state index is -1.18. The first kappa shape index (κ1) is 8.34. The maximum Gasteiger partial charge on any atom is 0.0729 e. The summed E-state index contributed by atoms with van der Waals surface area (Å²) < 4.78 is 0. The van der Waals surface area contributed by atoms with Gasteiger partial charge in [-0.05, 0) is 0 Å². The molecule has 9 heavy (non-hydrogen) atoms. The van der Waals surface area contributed by atoms with Crippen LogP contribution in [0.25, 0.3) is 0 Å². The van der Waals surface area contributed by atoms with Gasteiger partial charge in [-0.2, -0.15) is 0 Å². The van der Waals surface area contributed by atoms with Gasteiger partial charge in [0.25, 0.3) is 0 Å². The van der Waals surface area contributed by atoms with E-state index in [4.69, 9.17) is 12.8 Å². The monoisotopic (exact) mass is 136 g/mol. The third kappa shape index (κ3) is 3.88. The van der Waals surface area contributed by atoms with Gasteiger partial charge < -0.3 is 0 Å². The van der Waals surface area contributed by atoms with Crippen LogP contribution in [0.15, 0.2) is 0 Å². The first-order valence-corrected chi connectivity index (χ1v) is 6.41. The molecule has 0 aliphatic heterocycles. The van der Waals surface area contributed by atoms with E-state index in [1.807, 2.05) is 0 Å². The van der Waals surface area contributed by atoms with Crippen molar-refractivity contribution >= 4 is 8.07 Å². The minimum Gasteiger partial charge on any atom is -0.120 e. The van der Waals surface area contributed by atoms with Crippen molar-refractivity contribution in [2.75, 3.05) is 0 Å². The van der Waals surface area contributed by atoms with Crippen LogP contribution < -0.4 is 0 Å². The molecule has 0 aromatic carbocycles. The SMILES string of the molecule is C#CC[Si](C)(C)CC#C. The van der Waals surface area contributed by atoms with Gasteiger partial charge in [-0.25, -0.2) is 0 Å². The molecular weight excluding hydrogens is 124 g/mol. The van der Waals surface area contributed by atoms with E-state index in [9.17, 15) is 0 Å². The van der Waals surface area contributed by atoms with Crippen molar-refractivity contribution in [1.29, 1.82) is 0 Å². The number of hydrogen-bond donors (Lipinski definition) is 0. The van der Waals surface area contributed by atoms with Gasteiger partial charge in [0.2, 0.25) is 0 Å². The highest BCUT2D eigenvalue weighted by molar-refractivity contribution is 6.78. The van der Waals surface area contributed by atoms with Crippen molar-refractivity contribution in [3.63, 3.8) is 0 Å². The zero-order valence-electron chi connectivity index (χ0n) is 6.07. The summed E-state index contributed by atoms with van der Waals surface area (Å²) in [5.41, 5.74) is 0. The molecule has 0 aromatic rings. The van der Waals surface area contributed by atoms with Crippen LogP contribution >= 0.6 is 0 Å². The maximum atomic E-state index is 5.16. The summed E-state index contributed by atoms with van der Waals surface area (Å²) in [5.74, 6) is 5.32. The van der Waals surface area contributed by atoms with Crippen LogP contribution in [0.4, 0.5) is 0 Å². The highest BCUT2D eigenvalue weighted by Crippen LogP contribution is 2.12. The van der Waals surface area contributed by atoms with Crippen LogP contribution in [-0.4, -0.2) is 8.07 Å². The van der Waals surface area contributed by atoms with Crippen molar-refractivity contribution in [3.8, 4) is 24.7 Å². The van der Waals surface area contributed by atoms with Crippen molar-refractivity contribution in [1.82, 2.24) is 0 Å². The molecular formula is C8H12Si. The minimum absolute atomic E-state index is 0.900. The van der Waals surface area contributed by atoms with E-state index in [0.717, 1.165) is 12.1 Å². The smallest absolute Gasteiger partial charge is 0.0729 e. The highest BCUT2D eigenvalue weighted by atomic mass is 28.3. The van der Waals surface area contributed by atoms with Gasteiger partial charge in [-0.15, -0.1) is 24.7 Å². The van der Waals surface area contributed by atoms with Crippen molar-refractivity contribution in [2.45, 2.75) is 25.2 Å². The van der Waals surface area contributed by atoms with Crippen molar-refractivity contribution < 1.29 is 0 Å². The van der Waals surface area contributed by atoms with E-state index in [1.54, 1.807) is 0 Å². The molecule has 0 aromatic heterocycles. The summed E-state index contributed by atoms with van der Waals surface area (Å²) in [5, 5.41) is 0. The Kier molecular flexibility index (Phi) is 3.13. The van der Waals surface area contributed by atoms with Gasteiger partial charge in [0.05, 0.1) is 8.07 Å². The van der Waals surface area contributed by atoms with Crippen LogP contribution in [0, 0.1) is 24.7 Å². The Labute approximate surface area is 58.7 Å². The van der Waals surface area contributed by atoms with E-state index in [1.165, 1.54) is 0 Å². The molecule has 0 aliphatic rings. The third-order valence-corrected chi connectivity index (χ3v) is 3.48. The fourth-order valence-electron chi connectivity index (χ4n) is 0.615. The van der Waals surface area contributed by atoms with Crippen LogP contribution in [0.2, 0.25) is 25.2 Å². The molecule has 0 bridgehead atoms. The molecule has 0 heterocycles. The Morgan fingerprint density at radius 1 is 1.11 bits per heavy atom. The number of terminal acetylenes is 2. The highest BCUT2D eigenvalue weighted by Gasteiger charge is 2.16. The average Bonchev–Trinajstić information content (AvgIpc) is 1.64. The molecule has 0 nitrogen and oxygen atoms in total. The molecule has 0 aliphatic carbocycles. The average molecular weight is 136 g/mol. The summed E-state index contributed by atoms with van der Waals surface area (Å²) in [6, 6.07) is 1.80. The zero-order valence-corrected chi connectivity index (χ0v) is 7.07. The first-order chi connectivity index (χ1) is 4.12. The van der Waals surface area contributed by atoms with Gasteiger partial charge in [-0.3, -0.25) is 0 Å². The lowest BCUT2D eigenvalue weighted by molar-refractivity contribution is 1.49. The molecule has 0 radical (unpaired) electrons. The molecule has 0 N–H and O–H groups in total. The van der Waals surface area contributed by atoms with Gasteiger partial charge in [0, 0.05) is 12.1 Å². The molecule has 0 amide bonds. The predicted molar refractivity (Wildman–Crippen MR) is 44.8 cm³/mol. The lowest BCUT2D eigenvalue weighted by Crippen LogP contribution is -2.22. The van der Waals surface area contributed by atoms with Crippen molar-refractivity contribution in [3.05, 3.63) is 0 Å². The van der Waals surface area contributed by atoms with Gasteiger partial charge in [-0.1, -0.05) is 13.1 Å². The standard InChI is InChI=1S/C8H12Si/c1-5-7-9(3,4)8-6-2/h1-2H,7-8H2,3-4H3. The molecule has 0 rings (SSSR count). The quantitative estimate of drug-likeness (QED) is 0.402. The summed E-state index contributed by atoms with van der Waals surface area (Å²) in [4.78, 5) is 0. The molecule has 1 heteroatoms. The van der Waals surface area contributed by atoms with Crippen LogP contribution in [0.5, 0.6) is 0 Å². The Morgan fingerprint density at radius 3 is 1.67 bits per heavy atom. The lowest BCUT2D eigenvalue weighted by atomic mass is 10.8. The van der Waals surface area contributed by atoms with Gasteiger partial charge >= 0.3 is 0 Å². The molecule has 48 valence electrons. The molecule has 0 spiro atoms. The second-order valence-electron chi connectivity index (χ2n) is 2.93. The lowest BCUT2D eigenvalue weighted by Gasteiger charge is -2.14. The Hall–Kier alpha value is -0.663. The summed E-state index contributed by atoms with van der Waals surface area (Å²) in [6.45, 7) is 4.43. The maximum absolute atomic E-state index is 5.16. The molecule has 0 unspecified atom stereocenters. The molecule has 0 saturated carbocycles. The summed E-state index contributed by atoms with van der Waals surface area (Å²) in [7, 11) is -1.18. The van der Waals surface area contributed by atoms with Crippen LogP contribution in [-0.2, 0) is 0 Å². The summed E-state index contributed by atoms with van der Waals surface area (Å²) >= 11 is 0. The second kappa shape index (κ2) is 3.38. The van der Waals surface area contributed by atoms with E-state index < -0.39 is 8.07 Å². The van der Waals surface area contributed by atoms with Gasteiger partial charge in [0.1, 0.15) is 0 Å². The first-order valence-electron chi connectivity index (χ1n) is 2.99. The summed E-state index contributed by atoms with van der Waals surface area (Å²) in [6.07, 6.45) is 10.3. The van der Waals surface area contributed by atoms with Crippen LogP contribution in [0.1, 0.15) is 0 Å². The number of rotatable bonds is 2.